The number of likely N-dealkylation sites (tertiary alicyclic amines) is 1. The van der Waals surface area contributed by atoms with Crippen LogP contribution < -0.4 is 5.32 Å². The van der Waals surface area contributed by atoms with E-state index in [1.165, 1.54) is 84.0 Å². The first-order valence-electron chi connectivity index (χ1n) is 9.55. The maximum Gasteiger partial charge on any atom is 0.00501 e. The quantitative estimate of drug-likeness (QED) is 0.806. The SMILES string of the molecule is CC1CCC(CNC(C)C)(CN2CCCCCCC2)CC1. The van der Waals surface area contributed by atoms with Crippen LogP contribution in [0.25, 0.3) is 0 Å². The van der Waals surface area contributed by atoms with Crippen LogP contribution in [-0.2, 0) is 0 Å². The monoisotopic (exact) mass is 294 g/mol. The van der Waals surface area contributed by atoms with Crippen LogP contribution in [0.1, 0.15) is 78.6 Å². The molecule has 124 valence electrons. The van der Waals surface area contributed by atoms with Crippen molar-refractivity contribution >= 4 is 0 Å². The number of nitrogens with zero attached hydrogens (tertiary/aromatic N) is 1. The van der Waals surface area contributed by atoms with E-state index >= 15 is 0 Å². The van der Waals surface area contributed by atoms with E-state index in [0.717, 1.165) is 5.92 Å². The summed E-state index contributed by atoms with van der Waals surface area (Å²) < 4.78 is 0. The molecular formula is C19H38N2. The minimum atomic E-state index is 0.552. The highest BCUT2D eigenvalue weighted by Gasteiger charge is 2.35. The summed E-state index contributed by atoms with van der Waals surface area (Å²) in [5.74, 6) is 0.949. The third-order valence-corrected chi connectivity index (χ3v) is 5.73. The minimum absolute atomic E-state index is 0.552. The van der Waals surface area contributed by atoms with Crippen molar-refractivity contribution in [2.75, 3.05) is 26.2 Å². The summed E-state index contributed by atoms with van der Waals surface area (Å²) in [4.78, 5) is 2.80. The molecule has 2 nitrogen and oxygen atoms in total. The Hall–Kier alpha value is -0.0800. The molecule has 0 spiro atoms. The molecule has 0 atom stereocenters. The standard InChI is InChI=1S/C19H38N2/c1-17(2)20-15-19(11-9-18(3)10-12-19)16-21-13-7-5-4-6-8-14-21/h17-18,20H,4-16H2,1-3H3. The fourth-order valence-corrected chi connectivity index (χ4v) is 4.13. The van der Waals surface area contributed by atoms with Gasteiger partial charge >= 0.3 is 0 Å². The molecular weight excluding hydrogens is 256 g/mol. The molecule has 2 heteroatoms. The Morgan fingerprint density at radius 2 is 1.57 bits per heavy atom. The fraction of sp³-hybridized carbons (Fsp3) is 1.00. The van der Waals surface area contributed by atoms with Gasteiger partial charge in [0.05, 0.1) is 0 Å². The zero-order valence-corrected chi connectivity index (χ0v) is 14.8. The Labute approximate surface area is 133 Å². The van der Waals surface area contributed by atoms with Crippen LogP contribution in [0.2, 0.25) is 0 Å². The highest BCUT2D eigenvalue weighted by molar-refractivity contribution is 4.90. The average molecular weight is 295 g/mol. The Balaban J connectivity index is 1.93. The van der Waals surface area contributed by atoms with Gasteiger partial charge in [-0.25, -0.2) is 0 Å². The molecule has 1 N–H and O–H groups in total. The number of hydrogen-bond donors (Lipinski definition) is 1. The molecule has 0 bridgehead atoms. The molecule has 1 saturated carbocycles. The van der Waals surface area contributed by atoms with Gasteiger partial charge in [-0.2, -0.15) is 0 Å². The van der Waals surface area contributed by atoms with E-state index in [1.807, 2.05) is 0 Å². The van der Waals surface area contributed by atoms with Gasteiger partial charge < -0.3 is 10.2 Å². The van der Waals surface area contributed by atoms with Gasteiger partial charge in [0.25, 0.3) is 0 Å². The molecule has 2 fully saturated rings. The van der Waals surface area contributed by atoms with Crippen LogP contribution in [0.15, 0.2) is 0 Å². The number of hydrogen-bond acceptors (Lipinski definition) is 2. The summed E-state index contributed by atoms with van der Waals surface area (Å²) in [5, 5.41) is 3.76. The zero-order valence-electron chi connectivity index (χ0n) is 14.8. The maximum atomic E-state index is 3.76. The molecule has 1 saturated heterocycles. The van der Waals surface area contributed by atoms with Gasteiger partial charge in [-0.3, -0.25) is 0 Å². The van der Waals surface area contributed by atoms with Crippen LogP contribution in [-0.4, -0.2) is 37.1 Å². The lowest BCUT2D eigenvalue weighted by atomic mass is 9.70. The normalized spacial score (nSPS) is 32.9. The summed E-state index contributed by atoms with van der Waals surface area (Å²) in [6.07, 6.45) is 12.9. The highest BCUT2D eigenvalue weighted by Crippen LogP contribution is 2.39. The third kappa shape index (κ3) is 5.90. The lowest BCUT2D eigenvalue weighted by Crippen LogP contribution is -2.48. The van der Waals surface area contributed by atoms with E-state index in [-0.39, 0.29) is 0 Å². The first kappa shape index (κ1) is 17.3. The van der Waals surface area contributed by atoms with Crippen molar-refractivity contribution in [1.82, 2.24) is 10.2 Å². The van der Waals surface area contributed by atoms with Crippen LogP contribution in [0, 0.1) is 11.3 Å². The van der Waals surface area contributed by atoms with Crippen molar-refractivity contribution in [2.45, 2.75) is 84.6 Å². The van der Waals surface area contributed by atoms with Crippen LogP contribution in [0.4, 0.5) is 0 Å². The van der Waals surface area contributed by atoms with Crippen LogP contribution in [0.3, 0.4) is 0 Å². The van der Waals surface area contributed by atoms with Gasteiger partial charge in [0.1, 0.15) is 0 Å². The van der Waals surface area contributed by atoms with E-state index < -0.39 is 0 Å². The molecule has 1 aliphatic carbocycles. The van der Waals surface area contributed by atoms with Gasteiger partial charge in [0.2, 0.25) is 0 Å². The molecule has 2 rings (SSSR count). The number of rotatable bonds is 5. The Morgan fingerprint density at radius 3 is 2.14 bits per heavy atom. The molecule has 0 amide bonds. The predicted octanol–water partition coefficient (Wildman–Crippen LogP) is 4.45. The first-order valence-corrected chi connectivity index (χ1v) is 9.55. The van der Waals surface area contributed by atoms with Crippen molar-refractivity contribution in [2.24, 2.45) is 11.3 Å². The van der Waals surface area contributed by atoms with Crippen LogP contribution >= 0.6 is 0 Å². The third-order valence-electron chi connectivity index (χ3n) is 5.73. The van der Waals surface area contributed by atoms with Gasteiger partial charge in [0.15, 0.2) is 0 Å². The molecule has 2 aliphatic rings. The fourth-order valence-electron chi connectivity index (χ4n) is 4.13. The summed E-state index contributed by atoms with van der Waals surface area (Å²) in [5.41, 5.74) is 0.552. The van der Waals surface area contributed by atoms with E-state index in [4.69, 9.17) is 0 Å². The number of nitrogens with one attached hydrogen (secondary N) is 1. The largest absolute Gasteiger partial charge is 0.314 e. The molecule has 1 aliphatic heterocycles. The van der Waals surface area contributed by atoms with Crippen LogP contribution in [0.5, 0.6) is 0 Å². The Morgan fingerprint density at radius 1 is 1.00 bits per heavy atom. The van der Waals surface area contributed by atoms with Gasteiger partial charge in [0, 0.05) is 19.1 Å². The van der Waals surface area contributed by atoms with Gasteiger partial charge in [-0.1, -0.05) is 52.9 Å². The Bertz CT molecular complexity index is 271. The zero-order chi connectivity index (χ0) is 15.1. The highest BCUT2D eigenvalue weighted by atomic mass is 15.1. The van der Waals surface area contributed by atoms with E-state index in [2.05, 4.69) is 31.0 Å². The van der Waals surface area contributed by atoms with Crippen molar-refractivity contribution in [3.63, 3.8) is 0 Å². The van der Waals surface area contributed by atoms with E-state index in [0.29, 0.717) is 11.5 Å². The topological polar surface area (TPSA) is 15.3 Å². The molecule has 0 aromatic heterocycles. The van der Waals surface area contributed by atoms with E-state index in [9.17, 15) is 0 Å². The minimum Gasteiger partial charge on any atom is -0.314 e. The molecule has 0 radical (unpaired) electrons. The lowest BCUT2D eigenvalue weighted by Gasteiger charge is -2.44. The van der Waals surface area contributed by atoms with Crippen molar-refractivity contribution in [3.8, 4) is 0 Å². The molecule has 0 aromatic carbocycles. The second-order valence-corrected chi connectivity index (χ2v) is 8.26. The second-order valence-electron chi connectivity index (χ2n) is 8.26. The summed E-state index contributed by atoms with van der Waals surface area (Å²) in [6.45, 7) is 12.3. The lowest BCUT2D eigenvalue weighted by molar-refractivity contribution is 0.0799. The van der Waals surface area contributed by atoms with Crippen molar-refractivity contribution in [3.05, 3.63) is 0 Å². The maximum absolute atomic E-state index is 3.76. The summed E-state index contributed by atoms with van der Waals surface area (Å²) in [7, 11) is 0. The molecule has 0 aromatic rings. The first-order chi connectivity index (χ1) is 10.1. The molecule has 0 unspecified atom stereocenters. The van der Waals surface area contributed by atoms with Crippen molar-refractivity contribution < 1.29 is 0 Å². The van der Waals surface area contributed by atoms with Gasteiger partial charge in [-0.15, -0.1) is 0 Å². The summed E-state index contributed by atoms with van der Waals surface area (Å²) in [6, 6.07) is 0.619. The molecule has 21 heavy (non-hydrogen) atoms. The van der Waals surface area contributed by atoms with E-state index in [1.54, 1.807) is 0 Å². The summed E-state index contributed by atoms with van der Waals surface area (Å²) >= 11 is 0. The average Bonchev–Trinajstić information content (AvgIpc) is 2.43. The Kier molecular flexibility index (Phi) is 7.01. The van der Waals surface area contributed by atoms with Crippen molar-refractivity contribution in [1.29, 1.82) is 0 Å². The molecule has 1 heterocycles. The predicted molar refractivity (Wildman–Crippen MR) is 92.7 cm³/mol. The second kappa shape index (κ2) is 8.53. The van der Waals surface area contributed by atoms with Gasteiger partial charge in [-0.05, 0) is 50.1 Å². The smallest absolute Gasteiger partial charge is 0.00501 e.